The van der Waals surface area contributed by atoms with E-state index in [1.54, 1.807) is 20.8 Å². The van der Waals surface area contributed by atoms with E-state index in [0.29, 0.717) is 0 Å². The maximum Gasteiger partial charge on any atom is 0.514 e. The van der Waals surface area contributed by atoms with E-state index in [1.807, 2.05) is 0 Å². The maximum atomic E-state index is 12.5. The second kappa shape index (κ2) is 4.29. The van der Waals surface area contributed by atoms with Crippen LogP contribution < -0.4 is 4.74 Å². The normalized spacial score (nSPS) is 10.9. The first-order chi connectivity index (χ1) is 6.87. The lowest BCUT2D eigenvalue weighted by atomic mass is 10.2. The Balaban J connectivity index is 2.55. The topological polar surface area (TPSA) is 35.5 Å². The predicted octanol–water partition coefficient (Wildman–Crippen LogP) is 3.14. The van der Waals surface area contributed by atoms with Gasteiger partial charge in [-0.2, -0.15) is 0 Å². The van der Waals surface area contributed by atoms with Gasteiger partial charge in [0.1, 0.15) is 17.2 Å². The Morgan fingerprint density at radius 1 is 1.20 bits per heavy atom. The van der Waals surface area contributed by atoms with Crippen molar-refractivity contribution in [3.05, 3.63) is 30.1 Å². The summed E-state index contributed by atoms with van der Waals surface area (Å²) in [4.78, 5) is 11.2. The highest BCUT2D eigenvalue weighted by Crippen LogP contribution is 2.14. The summed E-state index contributed by atoms with van der Waals surface area (Å²) >= 11 is 0. The molecular weight excluding hydrogens is 199 g/mol. The van der Waals surface area contributed by atoms with Gasteiger partial charge in [-0.3, -0.25) is 0 Å². The summed E-state index contributed by atoms with van der Waals surface area (Å²) in [7, 11) is 0. The summed E-state index contributed by atoms with van der Waals surface area (Å²) in [5, 5.41) is 0. The van der Waals surface area contributed by atoms with E-state index in [4.69, 9.17) is 9.47 Å². The highest BCUT2D eigenvalue weighted by atomic mass is 19.1. The summed E-state index contributed by atoms with van der Waals surface area (Å²) in [6, 6.07) is 5.14. The molecule has 0 aliphatic rings. The first kappa shape index (κ1) is 11.5. The molecule has 0 atom stereocenters. The molecule has 82 valence electrons. The van der Waals surface area contributed by atoms with Crippen molar-refractivity contribution in [2.45, 2.75) is 26.4 Å². The van der Waals surface area contributed by atoms with Gasteiger partial charge in [0, 0.05) is 0 Å². The van der Waals surface area contributed by atoms with Gasteiger partial charge in [0.2, 0.25) is 0 Å². The molecule has 0 bridgehead atoms. The van der Waals surface area contributed by atoms with Gasteiger partial charge in [0.05, 0.1) is 0 Å². The molecule has 0 fully saturated rings. The van der Waals surface area contributed by atoms with Crippen LogP contribution in [0.4, 0.5) is 9.18 Å². The summed E-state index contributed by atoms with van der Waals surface area (Å²) in [6.45, 7) is 5.21. The molecule has 0 aliphatic heterocycles. The van der Waals surface area contributed by atoms with Crippen LogP contribution in [0.25, 0.3) is 0 Å². The van der Waals surface area contributed by atoms with Crippen molar-refractivity contribution >= 4 is 6.16 Å². The third-order valence-corrected chi connectivity index (χ3v) is 1.40. The molecule has 1 aromatic rings. The Kier molecular flexibility index (Phi) is 3.29. The van der Waals surface area contributed by atoms with Crippen molar-refractivity contribution in [1.82, 2.24) is 0 Å². The number of ether oxygens (including phenoxy) is 2. The fourth-order valence-corrected chi connectivity index (χ4v) is 0.870. The molecule has 0 aliphatic carbocycles. The number of benzene rings is 1. The van der Waals surface area contributed by atoms with E-state index in [0.717, 1.165) is 0 Å². The SMILES string of the molecule is CC(C)(C)OC(=O)Oc1ccc(F)cc1. The molecule has 3 nitrogen and oxygen atoms in total. The van der Waals surface area contributed by atoms with Crippen molar-refractivity contribution in [1.29, 1.82) is 0 Å². The van der Waals surface area contributed by atoms with Gasteiger partial charge in [0.25, 0.3) is 0 Å². The van der Waals surface area contributed by atoms with Crippen LogP contribution in [0.5, 0.6) is 5.75 Å². The third-order valence-electron chi connectivity index (χ3n) is 1.40. The summed E-state index contributed by atoms with van der Waals surface area (Å²) < 4.78 is 22.3. The Hall–Kier alpha value is -1.58. The van der Waals surface area contributed by atoms with Gasteiger partial charge in [-0.15, -0.1) is 0 Å². The van der Waals surface area contributed by atoms with Crippen LogP contribution in [0.15, 0.2) is 24.3 Å². The smallest absolute Gasteiger partial charge is 0.428 e. The van der Waals surface area contributed by atoms with E-state index in [1.165, 1.54) is 24.3 Å². The number of hydrogen-bond acceptors (Lipinski definition) is 3. The van der Waals surface area contributed by atoms with Crippen molar-refractivity contribution in [2.75, 3.05) is 0 Å². The second-order valence-electron chi connectivity index (χ2n) is 4.02. The van der Waals surface area contributed by atoms with Gasteiger partial charge < -0.3 is 9.47 Å². The zero-order valence-electron chi connectivity index (χ0n) is 8.91. The fraction of sp³-hybridized carbons (Fsp3) is 0.364. The predicted molar refractivity (Wildman–Crippen MR) is 53.3 cm³/mol. The van der Waals surface area contributed by atoms with E-state index in [9.17, 15) is 9.18 Å². The van der Waals surface area contributed by atoms with Gasteiger partial charge in [0.15, 0.2) is 0 Å². The first-order valence-electron chi connectivity index (χ1n) is 4.53. The largest absolute Gasteiger partial charge is 0.514 e. The average Bonchev–Trinajstić information content (AvgIpc) is 2.05. The summed E-state index contributed by atoms with van der Waals surface area (Å²) in [5.41, 5.74) is -0.600. The zero-order valence-corrected chi connectivity index (χ0v) is 8.91. The minimum absolute atomic E-state index is 0.255. The molecule has 15 heavy (non-hydrogen) atoms. The lowest BCUT2D eigenvalue weighted by Crippen LogP contribution is -2.25. The quantitative estimate of drug-likeness (QED) is 0.530. The van der Waals surface area contributed by atoms with Crippen LogP contribution in [0.2, 0.25) is 0 Å². The third kappa shape index (κ3) is 4.44. The molecule has 0 unspecified atom stereocenters. The molecule has 0 N–H and O–H groups in total. The molecule has 0 radical (unpaired) electrons. The van der Waals surface area contributed by atoms with Crippen molar-refractivity contribution in [2.24, 2.45) is 0 Å². The van der Waals surface area contributed by atoms with Crippen LogP contribution >= 0.6 is 0 Å². The van der Waals surface area contributed by atoms with Crippen LogP contribution in [0.3, 0.4) is 0 Å². The Bertz CT molecular complexity index is 338. The van der Waals surface area contributed by atoms with E-state index < -0.39 is 11.8 Å². The molecule has 0 saturated heterocycles. The van der Waals surface area contributed by atoms with E-state index in [2.05, 4.69) is 0 Å². The number of hydrogen-bond donors (Lipinski definition) is 0. The van der Waals surface area contributed by atoms with E-state index >= 15 is 0 Å². The van der Waals surface area contributed by atoms with Gasteiger partial charge in [-0.05, 0) is 45.0 Å². The molecule has 1 rings (SSSR count). The Labute approximate surface area is 87.8 Å². The fourth-order valence-electron chi connectivity index (χ4n) is 0.870. The molecular formula is C11H13FO3. The zero-order chi connectivity index (χ0) is 11.5. The number of carbonyl (C=O) groups is 1. The minimum atomic E-state index is -0.797. The molecule has 1 aromatic carbocycles. The summed E-state index contributed by atoms with van der Waals surface area (Å²) in [6.07, 6.45) is -0.797. The van der Waals surface area contributed by atoms with Crippen LogP contribution in [0.1, 0.15) is 20.8 Å². The molecule has 0 heterocycles. The van der Waals surface area contributed by atoms with Crippen LogP contribution in [-0.4, -0.2) is 11.8 Å². The van der Waals surface area contributed by atoms with Crippen LogP contribution in [-0.2, 0) is 4.74 Å². The molecule has 0 amide bonds. The number of rotatable bonds is 1. The lowest BCUT2D eigenvalue weighted by molar-refractivity contribution is 0.0206. The second-order valence-corrected chi connectivity index (χ2v) is 4.02. The van der Waals surface area contributed by atoms with Crippen molar-refractivity contribution in [3.8, 4) is 5.75 Å². The highest BCUT2D eigenvalue weighted by Gasteiger charge is 2.17. The molecule has 0 saturated carbocycles. The number of halogens is 1. The summed E-state index contributed by atoms with van der Waals surface area (Å²) in [5.74, 6) is -0.128. The Morgan fingerprint density at radius 2 is 1.73 bits per heavy atom. The Morgan fingerprint density at radius 3 is 2.20 bits per heavy atom. The van der Waals surface area contributed by atoms with Crippen LogP contribution in [0, 0.1) is 5.82 Å². The van der Waals surface area contributed by atoms with Crippen molar-refractivity contribution in [3.63, 3.8) is 0 Å². The first-order valence-corrected chi connectivity index (χ1v) is 4.53. The van der Waals surface area contributed by atoms with Gasteiger partial charge in [-0.25, -0.2) is 9.18 Å². The van der Waals surface area contributed by atoms with Gasteiger partial charge in [-0.1, -0.05) is 0 Å². The minimum Gasteiger partial charge on any atom is -0.428 e. The number of carbonyl (C=O) groups excluding carboxylic acids is 1. The average molecular weight is 212 g/mol. The lowest BCUT2D eigenvalue weighted by Gasteiger charge is -2.18. The molecule has 0 spiro atoms. The monoisotopic (exact) mass is 212 g/mol. The maximum absolute atomic E-state index is 12.5. The highest BCUT2D eigenvalue weighted by molar-refractivity contribution is 5.64. The van der Waals surface area contributed by atoms with Gasteiger partial charge >= 0.3 is 6.16 Å². The molecule has 4 heteroatoms. The molecule has 0 aromatic heterocycles. The van der Waals surface area contributed by atoms with Crippen molar-refractivity contribution < 1.29 is 18.7 Å². The van der Waals surface area contributed by atoms with E-state index in [-0.39, 0.29) is 11.6 Å². The standard InChI is InChI=1S/C11H13FO3/c1-11(2,3)15-10(13)14-9-6-4-8(12)5-7-9/h4-7H,1-3H3.